The van der Waals surface area contributed by atoms with Gasteiger partial charge in [-0.3, -0.25) is 19.4 Å². The number of carboxylic acids is 1. The molecule has 0 radical (unpaired) electrons. The highest BCUT2D eigenvalue weighted by molar-refractivity contribution is 6.34. The van der Waals surface area contributed by atoms with Crippen LogP contribution in [0, 0.1) is 11.7 Å². The molecule has 0 unspecified atom stereocenters. The van der Waals surface area contributed by atoms with Crippen molar-refractivity contribution in [3.8, 4) is 0 Å². The molecule has 8 nitrogen and oxygen atoms in total. The van der Waals surface area contributed by atoms with Crippen LogP contribution >= 0.6 is 11.6 Å². The third-order valence-corrected chi connectivity index (χ3v) is 8.16. The average Bonchev–Trinajstić information content (AvgIpc) is 3.34. The molecule has 216 valence electrons. The molecule has 2 aromatic carbocycles. The number of benzene rings is 2. The Labute approximate surface area is 240 Å². The molecule has 2 amide bonds. The number of ether oxygens (including phenoxy) is 1. The van der Waals surface area contributed by atoms with Gasteiger partial charge in [0.05, 0.1) is 48.3 Å². The topological polar surface area (TPSA) is 109 Å². The molecule has 1 aromatic heterocycles. The molecule has 11 heteroatoms. The van der Waals surface area contributed by atoms with Crippen LogP contribution < -0.4 is 5.32 Å². The number of alkyl halides is 1. The smallest absolute Gasteiger partial charge is 0.306 e. The Balaban J connectivity index is 1.22. The van der Waals surface area contributed by atoms with Crippen LogP contribution in [-0.2, 0) is 20.7 Å². The summed E-state index contributed by atoms with van der Waals surface area (Å²) in [6, 6.07) is 10.9. The predicted molar refractivity (Wildman–Crippen MR) is 149 cm³/mol. The van der Waals surface area contributed by atoms with E-state index < -0.39 is 35.8 Å². The second kappa shape index (κ2) is 12.5. The standard InChI is InChI=1S/C30H30ClF2N3O5/c31-24-11-19(25(33)14-26(24)35-29(38)28-23-4-2-1-3-17(23)9-10-34-28)12-27(37)36-15-20(32)13-21(36)16-41-22-7-5-18(6-8-22)30(39)40/h1-4,9-11,14,18,20-22H,5-8,12-13,15-16H2,(H,35,38)(H,39,40)/t18-,20-,21-,22-/m0/s1. The van der Waals surface area contributed by atoms with E-state index in [1.54, 1.807) is 18.2 Å². The van der Waals surface area contributed by atoms with Gasteiger partial charge in [-0.05, 0) is 54.8 Å². The number of hydrogen-bond donors (Lipinski definition) is 2. The summed E-state index contributed by atoms with van der Waals surface area (Å²) in [7, 11) is 0. The minimum Gasteiger partial charge on any atom is -0.481 e. The maximum Gasteiger partial charge on any atom is 0.306 e. The van der Waals surface area contributed by atoms with Gasteiger partial charge in [-0.15, -0.1) is 0 Å². The van der Waals surface area contributed by atoms with Gasteiger partial charge in [0.25, 0.3) is 5.91 Å². The quantitative estimate of drug-likeness (QED) is 0.365. The number of aromatic nitrogens is 1. The number of rotatable bonds is 8. The summed E-state index contributed by atoms with van der Waals surface area (Å²) in [5.74, 6) is -2.92. The van der Waals surface area contributed by atoms with Gasteiger partial charge in [-0.25, -0.2) is 8.78 Å². The van der Waals surface area contributed by atoms with Crippen LogP contribution in [0.1, 0.15) is 48.2 Å². The summed E-state index contributed by atoms with van der Waals surface area (Å²) in [6.07, 6.45) is 2.18. The minimum absolute atomic E-state index is 0.0234. The predicted octanol–water partition coefficient (Wildman–Crippen LogP) is 5.42. The Morgan fingerprint density at radius 2 is 1.88 bits per heavy atom. The zero-order valence-electron chi connectivity index (χ0n) is 22.2. The van der Waals surface area contributed by atoms with E-state index in [0.29, 0.717) is 31.1 Å². The monoisotopic (exact) mass is 585 g/mol. The van der Waals surface area contributed by atoms with Crippen molar-refractivity contribution in [2.45, 2.75) is 56.8 Å². The molecule has 1 aliphatic carbocycles. The fourth-order valence-electron chi connectivity index (χ4n) is 5.61. The Morgan fingerprint density at radius 3 is 2.63 bits per heavy atom. The lowest BCUT2D eigenvalue weighted by atomic mass is 9.87. The van der Waals surface area contributed by atoms with Gasteiger partial charge in [0.15, 0.2) is 0 Å². The SMILES string of the molecule is O=C(Nc1cc(F)c(CC(=O)N2C[C@@H](F)C[C@H]2CO[C@H]2CC[C@H](C(=O)O)CC2)cc1Cl)c1nccc2ccccc12. The van der Waals surface area contributed by atoms with Crippen molar-refractivity contribution in [3.05, 3.63) is 70.8 Å². The van der Waals surface area contributed by atoms with Crippen LogP contribution in [0.2, 0.25) is 5.02 Å². The van der Waals surface area contributed by atoms with Crippen LogP contribution in [0.25, 0.3) is 10.8 Å². The Morgan fingerprint density at radius 1 is 1.12 bits per heavy atom. The molecule has 1 saturated heterocycles. The van der Waals surface area contributed by atoms with Crippen molar-refractivity contribution in [1.29, 1.82) is 0 Å². The number of pyridine rings is 1. The number of likely N-dealkylation sites (tertiary alicyclic amines) is 1. The van der Waals surface area contributed by atoms with Crippen LogP contribution in [0.15, 0.2) is 48.7 Å². The maximum absolute atomic E-state index is 15.1. The van der Waals surface area contributed by atoms with Crippen LogP contribution in [0.5, 0.6) is 0 Å². The normalized spacial score (nSPS) is 22.6. The highest BCUT2D eigenvalue weighted by Crippen LogP contribution is 2.30. The molecule has 3 aromatic rings. The van der Waals surface area contributed by atoms with Crippen LogP contribution in [0.4, 0.5) is 14.5 Å². The van der Waals surface area contributed by atoms with E-state index in [0.717, 1.165) is 11.5 Å². The molecular weight excluding hydrogens is 556 g/mol. The van der Waals surface area contributed by atoms with Gasteiger partial charge in [0.2, 0.25) is 5.91 Å². The zero-order valence-corrected chi connectivity index (χ0v) is 22.9. The highest BCUT2D eigenvalue weighted by atomic mass is 35.5. The van der Waals surface area contributed by atoms with Gasteiger partial charge in [-0.1, -0.05) is 35.9 Å². The molecule has 2 fully saturated rings. The number of carbonyl (C=O) groups excluding carboxylic acids is 2. The van der Waals surface area contributed by atoms with E-state index in [9.17, 15) is 18.8 Å². The van der Waals surface area contributed by atoms with Gasteiger partial charge in [-0.2, -0.15) is 0 Å². The van der Waals surface area contributed by atoms with Crippen LogP contribution in [-0.4, -0.2) is 64.2 Å². The first-order valence-electron chi connectivity index (χ1n) is 13.6. The molecule has 0 spiro atoms. The summed E-state index contributed by atoms with van der Waals surface area (Å²) in [5, 5.41) is 13.3. The largest absolute Gasteiger partial charge is 0.481 e. The number of aliphatic carboxylic acids is 1. The van der Waals surface area contributed by atoms with Gasteiger partial charge >= 0.3 is 5.97 Å². The van der Waals surface area contributed by atoms with E-state index in [2.05, 4.69) is 10.3 Å². The van der Waals surface area contributed by atoms with E-state index in [1.165, 1.54) is 17.2 Å². The lowest BCUT2D eigenvalue weighted by molar-refractivity contribution is -0.144. The molecule has 1 aliphatic heterocycles. The number of carboxylic acid groups (broad SMARTS) is 1. The Hall–Kier alpha value is -3.63. The Kier molecular flexibility index (Phi) is 8.79. The molecule has 41 heavy (non-hydrogen) atoms. The summed E-state index contributed by atoms with van der Waals surface area (Å²) < 4.78 is 35.4. The fraction of sp³-hybridized carbons (Fsp3) is 0.400. The van der Waals surface area contributed by atoms with Gasteiger partial charge < -0.3 is 20.1 Å². The lowest BCUT2D eigenvalue weighted by Gasteiger charge is -2.30. The third-order valence-electron chi connectivity index (χ3n) is 7.85. The van der Waals surface area contributed by atoms with Crippen molar-refractivity contribution < 1.29 is 33.0 Å². The number of amides is 2. The molecule has 0 bridgehead atoms. The molecule has 5 rings (SSSR count). The first kappa shape index (κ1) is 28.9. The summed E-state index contributed by atoms with van der Waals surface area (Å²) >= 11 is 6.37. The van der Waals surface area contributed by atoms with E-state index in [-0.39, 0.29) is 60.0 Å². The van der Waals surface area contributed by atoms with E-state index >= 15 is 4.39 Å². The van der Waals surface area contributed by atoms with Crippen LogP contribution in [0.3, 0.4) is 0 Å². The number of carbonyl (C=O) groups is 3. The Bertz CT molecular complexity index is 1460. The number of fused-ring (bicyclic) bond motifs is 1. The third kappa shape index (κ3) is 6.65. The number of anilines is 1. The van der Waals surface area contributed by atoms with Crippen molar-refractivity contribution in [3.63, 3.8) is 0 Å². The maximum atomic E-state index is 15.1. The highest BCUT2D eigenvalue weighted by Gasteiger charge is 2.36. The minimum atomic E-state index is -1.22. The molecule has 1 saturated carbocycles. The van der Waals surface area contributed by atoms with Crippen molar-refractivity contribution >= 4 is 45.8 Å². The zero-order chi connectivity index (χ0) is 29.1. The molecule has 2 atom stereocenters. The van der Waals surface area contributed by atoms with Gasteiger partial charge in [0, 0.05) is 18.0 Å². The second-order valence-electron chi connectivity index (χ2n) is 10.6. The first-order valence-corrected chi connectivity index (χ1v) is 14.0. The van der Waals surface area contributed by atoms with Crippen molar-refractivity contribution in [2.24, 2.45) is 5.92 Å². The average molecular weight is 586 g/mol. The van der Waals surface area contributed by atoms with E-state index in [4.69, 9.17) is 21.4 Å². The number of nitrogens with one attached hydrogen (secondary N) is 1. The summed E-state index contributed by atoms with van der Waals surface area (Å²) in [6.45, 7) is 0.0190. The fourth-order valence-corrected chi connectivity index (χ4v) is 5.85. The first-order chi connectivity index (χ1) is 19.7. The number of hydrogen-bond acceptors (Lipinski definition) is 5. The number of nitrogens with zero attached hydrogens (tertiary/aromatic N) is 2. The van der Waals surface area contributed by atoms with Crippen molar-refractivity contribution in [1.82, 2.24) is 9.88 Å². The van der Waals surface area contributed by atoms with E-state index in [1.807, 2.05) is 12.1 Å². The molecule has 2 N–H and O–H groups in total. The molecule has 2 aliphatic rings. The summed E-state index contributed by atoms with van der Waals surface area (Å²) in [4.78, 5) is 42.8. The summed E-state index contributed by atoms with van der Waals surface area (Å²) in [5.41, 5.74) is 0.223. The van der Waals surface area contributed by atoms with Gasteiger partial charge in [0.1, 0.15) is 17.7 Å². The molecule has 2 heterocycles. The lowest BCUT2D eigenvalue weighted by Crippen LogP contribution is -2.40. The van der Waals surface area contributed by atoms with Crippen molar-refractivity contribution in [2.75, 3.05) is 18.5 Å². The second-order valence-corrected chi connectivity index (χ2v) is 11.0. The number of halogens is 3. The molecular formula is C30H30ClF2N3O5.